The summed E-state index contributed by atoms with van der Waals surface area (Å²) in [6.07, 6.45) is -1.12. The minimum atomic E-state index is -1.14. The number of hydrogen-bond acceptors (Lipinski definition) is 6. The highest BCUT2D eigenvalue weighted by Gasteiger charge is 2.26. The monoisotopic (exact) mass is 323 g/mol. The molecule has 7 heteroatoms. The lowest BCUT2D eigenvalue weighted by molar-refractivity contribution is -0.152. The SMILES string of the molecule is CCOC(=O)C[C@@H](NC(=O)OCc1ccccc1)C(=O)OCC. The summed E-state index contributed by atoms with van der Waals surface area (Å²) in [6, 6.07) is 7.94. The second kappa shape index (κ2) is 10.2. The van der Waals surface area contributed by atoms with Crippen molar-refractivity contribution in [2.75, 3.05) is 13.2 Å². The van der Waals surface area contributed by atoms with Gasteiger partial charge in [0.05, 0.1) is 19.6 Å². The Morgan fingerprint density at radius 1 is 1.00 bits per heavy atom. The van der Waals surface area contributed by atoms with Gasteiger partial charge in [0, 0.05) is 0 Å². The third-order valence-electron chi connectivity index (χ3n) is 2.75. The number of esters is 2. The van der Waals surface area contributed by atoms with Crippen LogP contribution >= 0.6 is 0 Å². The van der Waals surface area contributed by atoms with E-state index >= 15 is 0 Å². The summed E-state index contributed by atoms with van der Waals surface area (Å²) in [5.41, 5.74) is 0.806. The second-order valence-electron chi connectivity index (χ2n) is 4.52. The molecule has 1 rings (SSSR count). The molecule has 0 unspecified atom stereocenters. The maximum absolute atomic E-state index is 11.8. The molecule has 0 aliphatic heterocycles. The summed E-state index contributed by atoms with van der Waals surface area (Å²) in [4.78, 5) is 35.1. The summed E-state index contributed by atoms with van der Waals surface area (Å²) in [6.45, 7) is 3.67. The molecule has 0 saturated carbocycles. The molecule has 1 N–H and O–H groups in total. The zero-order valence-corrected chi connectivity index (χ0v) is 13.2. The van der Waals surface area contributed by atoms with Crippen molar-refractivity contribution in [3.8, 4) is 0 Å². The van der Waals surface area contributed by atoms with Crippen molar-refractivity contribution in [2.45, 2.75) is 32.9 Å². The van der Waals surface area contributed by atoms with E-state index < -0.39 is 24.1 Å². The molecule has 0 heterocycles. The number of alkyl carbamates (subject to hydrolysis) is 1. The van der Waals surface area contributed by atoms with Crippen LogP contribution in [0.1, 0.15) is 25.8 Å². The second-order valence-corrected chi connectivity index (χ2v) is 4.52. The molecule has 126 valence electrons. The van der Waals surface area contributed by atoms with Crippen LogP contribution in [0.5, 0.6) is 0 Å². The Bertz CT molecular complexity index is 517. The molecule has 0 fully saturated rings. The van der Waals surface area contributed by atoms with E-state index in [1.807, 2.05) is 18.2 Å². The first kappa shape index (κ1) is 18.5. The van der Waals surface area contributed by atoms with Crippen molar-refractivity contribution in [1.29, 1.82) is 0 Å². The van der Waals surface area contributed by atoms with Crippen molar-refractivity contribution in [3.05, 3.63) is 35.9 Å². The minimum Gasteiger partial charge on any atom is -0.466 e. The molecule has 7 nitrogen and oxygen atoms in total. The molecule has 0 saturated heterocycles. The summed E-state index contributed by atoms with van der Waals surface area (Å²) in [7, 11) is 0. The highest BCUT2D eigenvalue weighted by molar-refractivity contribution is 5.86. The number of amides is 1. The maximum Gasteiger partial charge on any atom is 0.408 e. The van der Waals surface area contributed by atoms with E-state index in [0.29, 0.717) is 0 Å². The molecular weight excluding hydrogens is 302 g/mol. The number of nitrogens with one attached hydrogen (secondary N) is 1. The van der Waals surface area contributed by atoms with Crippen LogP contribution in [-0.2, 0) is 30.4 Å². The van der Waals surface area contributed by atoms with E-state index in [9.17, 15) is 14.4 Å². The number of ether oxygens (including phenoxy) is 3. The summed E-state index contributed by atoms with van der Waals surface area (Å²) < 4.78 is 14.6. The van der Waals surface area contributed by atoms with Gasteiger partial charge in [-0.3, -0.25) is 4.79 Å². The van der Waals surface area contributed by atoms with Gasteiger partial charge in [-0.05, 0) is 19.4 Å². The van der Waals surface area contributed by atoms with Crippen molar-refractivity contribution >= 4 is 18.0 Å². The molecule has 0 spiro atoms. The number of carbonyl (C=O) groups is 3. The molecule has 0 radical (unpaired) electrons. The van der Waals surface area contributed by atoms with Gasteiger partial charge in [0.15, 0.2) is 0 Å². The Kier molecular flexibility index (Phi) is 8.20. The van der Waals surface area contributed by atoms with Gasteiger partial charge in [0.1, 0.15) is 12.6 Å². The minimum absolute atomic E-state index is 0.0572. The molecule has 1 aromatic carbocycles. The van der Waals surface area contributed by atoms with E-state index in [0.717, 1.165) is 5.56 Å². The standard InChI is InChI=1S/C16H21NO6/c1-3-21-14(18)10-13(15(19)22-4-2)17-16(20)23-11-12-8-6-5-7-9-12/h5-9,13H,3-4,10-11H2,1-2H3,(H,17,20)/t13-/m1/s1. The van der Waals surface area contributed by atoms with Crippen LogP contribution in [-0.4, -0.2) is 37.3 Å². The fourth-order valence-corrected chi connectivity index (χ4v) is 1.73. The smallest absolute Gasteiger partial charge is 0.408 e. The normalized spacial score (nSPS) is 11.2. The Morgan fingerprint density at radius 3 is 2.26 bits per heavy atom. The maximum atomic E-state index is 11.8. The van der Waals surface area contributed by atoms with E-state index in [2.05, 4.69) is 5.32 Å². The average molecular weight is 323 g/mol. The molecule has 1 amide bonds. The van der Waals surface area contributed by atoms with Crippen molar-refractivity contribution < 1.29 is 28.6 Å². The molecular formula is C16H21NO6. The first-order chi connectivity index (χ1) is 11.1. The molecule has 0 bridgehead atoms. The Morgan fingerprint density at radius 2 is 1.65 bits per heavy atom. The average Bonchev–Trinajstić information content (AvgIpc) is 2.54. The number of benzene rings is 1. The highest BCUT2D eigenvalue weighted by Crippen LogP contribution is 2.03. The lowest BCUT2D eigenvalue weighted by Crippen LogP contribution is -2.43. The van der Waals surface area contributed by atoms with Crippen molar-refractivity contribution in [3.63, 3.8) is 0 Å². The molecule has 1 aromatic rings. The fourth-order valence-electron chi connectivity index (χ4n) is 1.73. The van der Waals surface area contributed by atoms with Crippen LogP contribution in [0.15, 0.2) is 30.3 Å². The van der Waals surface area contributed by atoms with Gasteiger partial charge in [-0.25, -0.2) is 9.59 Å². The van der Waals surface area contributed by atoms with Gasteiger partial charge < -0.3 is 19.5 Å². The Hall–Kier alpha value is -2.57. The first-order valence-electron chi connectivity index (χ1n) is 7.36. The zero-order valence-electron chi connectivity index (χ0n) is 13.2. The number of hydrogen-bond donors (Lipinski definition) is 1. The fraction of sp³-hybridized carbons (Fsp3) is 0.438. The van der Waals surface area contributed by atoms with Gasteiger partial charge >= 0.3 is 18.0 Å². The van der Waals surface area contributed by atoms with Crippen LogP contribution in [0.4, 0.5) is 4.79 Å². The van der Waals surface area contributed by atoms with Gasteiger partial charge in [-0.15, -0.1) is 0 Å². The largest absolute Gasteiger partial charge is 0.466 e. The summed E-state index contributed by atoms with van der Waals surface area (Å²) >= 11 is 0. The third-order valence-corrected chi connectivity index (χ3v) is 2.75. The predicted molar refractivity (Wildman–Crippen MR) is 81.4 cm³/mol. The van der Waals surface area contributed by atoms with E-state index in [1.54, 1.807) is 26.0 Å². The van der Waals surface area contributed by atoms with Gasteiger partial charge in [0.25, 0.3) is 0 Å². The summed E-state index contributed by atoms with van der Waals surface area (Å²) in [5.74, 6) is -1.31. The molecule has 23 heavy (non-hydrogen) atoms. The van der Waals surface area contributed by atoms with Crippen LogP contribution in [0.3, 0.4) is 0 Å². The van der Waals surface area contributed by atoms with Crippen molar-refractivity contribution in [1.82, 2.24) is 5.32 Å². The Balaban J connectivity index is 2.55. The molecule has 0 aliphatic rings. The number of rotatable bonds is 8. The van der Waals surface area contributed by atoms with E-state index in [-0.39, 0.29) is 26.2 Å². The molecule has 0 aliphatic carbocycles. The van der Waals surface area contributed by atoms with Gasteiger partial charge in [0.2, 0.25) is 0 Å². The van der Waals surface area contributed by atoms with Crippen molar-refractivity contribution in [2.24, 2.45) is 0 Å². The Labute approximate surface area is 134 Å². The van der Waals surface area contributed by atoms with Gasteiger partial charge in [-0.1, -0.05) is 30.3 Å². The predicted octanol–water partition coefficient (Wildman–Crippen LogP) is 1.80. The van der Waals surface area contributed by atoms with Crippen LogP contribution in [0, 0.1) is 0 Å². The zero-order chi connectivity index (χ0) is 17.1. The quantitative estimate of drug-likeness (QED) is 0.579. The topological polar surface area (TPSA) is 90.9 Å². The van der Waals surface area contributed by atoms with Crippen LogP contribution in [0.25, 0.3) is 0 Å². The third kappa shape index (κ3) is 7.30. The number of carbonyl (C=O) groups excluding carboxylic acids is 3. The lowest BCUT2D eigenvalue weighted by Gasteiger charge is -2.16. The first-order valence-corrected chi connectivity index (χ1v) is 7.36. The van der Waals surface area contributed by atoms with E-state index in [1.165, 1.54) is 0 Å². The van der Waals surface area contributed by atoms with Crippen LogP contribution < -0.4 is 5.32 Å². The summed E-state index contributed by atoms with van der Waals surface area (Å²) in [5, 5.41) is 2.32. The van der Waals surface area contributed by atoms with Crippen LogP contribution in [0.2, 0.25) is 0 Å². The molecule has 0 aromatic heterocycles. The highest BCUT2D eigenvalue weighted by atomic mass is 16.6. The molecule has 1 atom stereocenters. The lowest BCUT2D eigenvalue weighted by atomic mass is 10.2. The van der Waals surface area contributed by atoms with Gasteiger partial charge in [-0.2, -0.15) is 0 Å². The van der Waals surface area contributed by atoms with E-state index in [4.69, 9.17) is 14.2 Å².